The number of phenolic OH excluding ortho intramolecular Hbond substituents is 1. The number of phenols is 1. The number of anilines is 1. The number of halogens is 1. The van der Waals surface area contributed by atoms with Crippen molar-refractivity contribution in [3.63, 3.8) is 0 Å². The van der Waals surface area contributed by atoms with Crippen LogP contribution >= 0.6 is 11.6 Å². The van der Waals surface area contributed by atoms with Gasteiger partial charge in [0.05, 0.1) is 29.3 Å². The molecule has 176 valence electrons. The van der Waals surface area contributed by atoms with Crippen LogP contribution in [0.15, 0.2) is 35.2 Å². The van der Waals surface area contributed by atoms with Crippen molar-refractivity contribution in [1.29, 1.82) is 0 Å². The Kier molecular flexibility index (Phi) is 8.77. The molecule has 0 radical (unpaired) electrons. The summed E-state index contributed by atoms with van der Waals surface area (Å²) in [6.45, 7) is 8.46. The van der Waals surface area contributed by atoms with Gasteiger partial charge in [-0.3, -0.25) is 4.79 Å². The van der Waals surface area contributed by atoms with Crippen LogP contribution in [-0.2, 0) is 10.0 Å². The fourth-order valence-corrected chi connectivity index (χ4v) is 4.67. The monoisotopic (exact) mass is 484 g/mol. The first-order valence-corrected chi connectivity index (χ1v) is 12.0. The van der Waals surface area contributed by atoms with Gasteiger partial charge in [0.1, 0.15) is 5.75 Å². The predicted octanol–water partition coefficient (Wildman–Crippen LogP) is 4.37. The van der Waals surface area contributed by atoms with Crippen LogP contribution in [0.1, 0.15) is 38.1 Å². The summed E-state index contributed by atoms with van der Waals surface area (Å²) in [6, 6.07) is 6.62. The van der Waals surface area contributed by atoms with Crippen molar-refractivity contribution in [3.8, 4) is 17.2 Å². The Labute approximate surface area is 194 Å². The minimum Gasteiger partial charge on any atom is -0.506 e. The number of carbonyl (C=O) groups is 1. The molecule has 0 heterocycles. The van der Waals surface area contributed by atoms with E-state index < -0.39 is 15.9 Å². The molecule has 8 nitrogen and oxygen atoms in total. The number of nitrogens with zero attached hydrogens (tertiary/aromatic N) is 1. The maximum absolute atomic E-state index is 12.8. The van der Waals surface area contributed by atoms with Gasteiger partial charge in [0.25, 0.3) is 5.91 Å². The Balaban J connectivity index is 2.36. The molecular formula is C22H29ClN2O6S. The molecule has 2 N–H and O–H groups in total. The minimum absolute atomic E-state index is 0.0395. The summed E-state index contributed by atoms with van der Waals surface area (Å²) in [5.74, 6) is 0.00155. The van der Waals surface area contributed by atoms with Gasteiger partial charge in [0, 0.05) is 18.7 Å². The summed E-state index contributed by atoms with van der Waals surface area (Å²) in [5.41, 5.74) is 0.110. The molecule has 2 aromatic carbocycles. The van der Waals surface area contributed by atoms with E-state index in [2.05, 4.69) is 5.32 Å². The Morgan fingerprint density at radius 3 is 2.41 bits per heavy atom. The number of hydrogen-bond donors (Lipinski definition) is 2. The fraction of sp³-hybridized carbons (Fsp3) is 0.409. The van der Waals surface area contributed by atoms with Crippen LogP contribution in [0.25, 0.3) is 0 Å². The minimum atomic E-state index is -3.76. The smallest absolute Gasteiger partial charge is 0.255 e. The van der Waals surface area contributed by atoms with E-state index in [1.165, 1.54) is 41.7 Å². The van der Waals surface area contributed by atoms with E-state index >= 15 is 0 Å². The normalized spacial score (nSPS) is 11.6. The first-order chi connectivity index (χ1) is 15.0. The SMILES string of the molecule is CCN(CC)S(=O)(=O)c1ccc(O)c(NC(=O)c2cc(Cl)c(OCC(C)C)c(OC)c2)c1. The van der Waals surface area contributed by atoms with E-state index in [-0.39, 0.29) is 38.6 Å². The number of carbonyl (C=O) groups excluding carboxylic acids is 1. The highest BCUT2D eigenvalue weighted by Gasteiger charge is 2.23. The molecule has 0 saturated carbocycles. The van der Waals surface area contributed by atoms with E-state index in [9.17, 15) is 18.3 Å². The van der Waals surface area contributed by atoms with Crippen LogP contribution in [-0.4, -0.2) is 50.5 Å². The van der Waals surface area contributed by atoms with Crippen molar-refractivity contribution in [2.24, 2.45) is 5.92 Å². The standard InChI is InChI=1S/C22H29ClN2O6S/c1-6-25(7-2)32(28,29)16-8-9-19(26)18(12-16)24-22(27)15-10-17(23)21(20(11-15)30-5)31-13-14(3)4/h8-12,14,26H,6-7,13H2,1-5H3,(H,24,27). The van der Waals surface area contributed by atoms with Crippen LogP contribution in [0.5, 0.6) is 17.2 Å². The maximum Gasteiger partial charge on any atom is 0.255 e. The molecule has 0 bridgehead atoms. The molecule has 2 aromatic rings. The van der Waals surface area contributed by atoms with Crippen LogP contribution in [0.4, 0.5) is 5.69 Å². The number of amides is 1. The van der Waals surface area contributed by atoms with E-state index in [1.807, 2.05) is 13.8 Å². The van der Waals surface area contributed by atoms with E-state index in [4.69, 9.17) is 21.1 Å². The number of ether oxygens (including phenoxy) is 2. The molecule has 10 heteroatoms. The summed E-state index contributed by atoms with van der Waals surface area (Å²) >= 11 is 6.31. The van der Waals surface area contributed by atoms with Crippen molar-refractivity contribution in [2.75, 3.05) is 32.1 Å². The van der Waals surface area contributed by atoms with Crippen LogP contribution < -0.4 is 14.8 Å². The Bertz CT molecular complexity index is 1070. The second-order valence-corrected chi connectivity index (χ2v) is 9.76. The van der Waals surface area contributed by atoms with Crippen molar-refractivity contribution in [2.45, 2.75) is 32.6 Å². The summed E-state index contributed by atoms with van der Waals surface area (Å²) in [7, 11) is -2.33. The Hall–Kier alpha value is -2.49. The predicted molar refractivity (Wildman–Crippen MR) is 125 cm³/mol. The first kappa shape index (κ1) is 25.8. The molecule has 0 saturated heterocycles. The molecule has 32 heavy (non-hydrogen) atoms. The lowest BCUT2D eigenvalue weighted by molar-refractivity contribution is 0.102. The zero-order chi connectivity index (χ0) is 24.1. The lowest BCUT2D eigenvalue weighted by Crippen LogP contribution is -2.30. The second kappa shape index (κ2) is 10.9. The molecule has 0 aliphatic rings. The highest BCUT2D eigenvalue weighted by Crippen LogP contribution is 2.37. The number of hydrogen-bond acceptors (Lipinski definition) is 6. The zero-order valence-electron chi connectivity index (χ0n) is 18.8. The second-order valence-electron chi connectivity index (χ2n) is 7.42. The number of rotatable bonds is 10. The van der Waals surface area contributed by atoms with E-state index in [0.29, 0.717) is 25.4 Å². The topological polar surface area (TPSA) is 105 Å². The fourth-order valence-electron chi connectivity index (χ4n) is 2.92. The van der Waals surface area contributed by atoms with Crippen LogP contribution in [0.2, 0.25) is 5.02 Å². The summed E-state index contributed by atoms with van der Waals surface area (Å²) in [4.78, 5) is 12.8. The number of aromatic hydroxyl groups is 1. The number of sulfonamides is 1. The zero-order valence-corrected chi connectivity index (χ0v) is 20.4. The van der Waals surface area contributed by atoms with Gasteiger partial charge < -0.3 is 19.9 Å². The van der Waals surface area contributed by atoms with Crippen LogP contribution in [0, 0.1) is 5.92 Å². The van der Waals surface area contributed by atoms with Crippen molar-refractivity contribution >= 4 is 33.2 Å². The van der Waals surface area contributed by atoms with Gasteiger partial charge in [-0.25, -0.2) is 8.42 Å². The molecule has 0 unspecified atom stereocenters. The van der Waals surface area contributed by atoms with Crippen molar-refractivity contribution in [1.82, 2.24) is 4.31 Å². The quantitative estimate of drug-likeness (QED) is 0.485. The lowest BCUT2D eigenvalue weighted by Gasteiger charge is -2.19. The molecule has 0 aliphatic carbocycles. The number of nitrogens with one attached hydrogen (secondary N) is 1. The van der Waals surface area contributed by atoms with E-state index in [1.54, 1.807) is 13.8 Å². The summed E-state index contributed by atoms with van der Waals surface area (Å²) in [6.07, 6.45) is 0. The van der Waals surface area contributed by atoms with Gasteiger partial charge in [0.2, 0.25) is 10.0 Å². The van der Waals surface area contributed by atoms with Crippen molar-refractivity contribution in [3.05, 3.63) is 40.9 Å². The summed E-state index contributed by atoms with van der Waals surface area (Å²) in [5, 5.41) is 12.9. The largest absolute Gasteiger partial charge is 0.506 e. The summed E-state index contributed by atoms with van der Waals surface area (Å²) < 4.78 is 37.8. The lowest BCUT2D eigenvalue weighted by atomic mass is 10.1. The third kappa shape index (κ3) is 5.85. The van der Waals surface area contributed by atoms with Gasteiger partial charge in [-0.1, -0.05) is 39.3 Å². The molecule has 1 amide bonds. The van der Waals surface area contributed by atoms with E-state index in [0.717, 1.165) is 0 Å². The highest BCUT2D eigenvalue weighted by molar-refractivity contribution is 7.89. The average Bonchev–Trinajstić information content (AvgIpc) is 2.74. The first-order valence-electron chi connectivity index (χ1n) is 10.2. The third-order valence-electron chi connectivity index (χ3n) is 4.61. The van der Waals surface area contributed by atoms with Gasteiger partial charge in [-0.05, 0) is 36.2 Å². The molecule has 0 atom stereocenters. The molecular weight excluding hydrogens is 456 g/mol. The molecule has 0 spiro atoms. The molecule has 0 fully saturated rings. The molecule has 2 rings (SSSR count). The van der Waals surface area contributed by atoms with Gasteiger partial charge in [0.15, 0.2) is 11.5 Å². The highest BCUT2D eigenvalue weighted by atomic mass is 35.5. The Morgan fingerprint density at radius 2 is 1.84 bits per heavy atom. The van der Waals surface area contributed by atoms with Crippen LogP contribution in [0.3, 0.4) is 0 Å². The molecule has 0 aliphatic heterocycles. The van der Waals surface area contributed by atoms with Gasteiger partial charge in [-0.2, -0.15) is 4.31 Å². The number of methoxy groups -OCH3 is 1. The van der Waals surface area contributed by atoms with Gasteiger partial charge in [-0.15, -0.1) is 0 Å². The molecule has 0 aromatic heterocycles. The Morgan fingerprint density at radius 1 is 1.19 bits per heavy atom. The number of benzene rings is 2. The van der Waals surface area contributed by atoms with Gasteiger partial charge >= 0.3 is 0 Å². The van der Waals surface area contributed by atoms with Crippen molar-refractivity contribution < 1.29 is 27.8 Å². The third-order valence-corrected chi connectivity index (χ3v) is 6.94. The maximum atomic E-state index is 12.8. The average molecular weight is 485 g/mol.